The molecule has 0 bridgehead atoms. The molecular weight excluding hydrogens is 390 g/mol. The van der Waals surface area contributed by atoms with Gasteiger partial charge in [0.25, 0.3) is 0 Å². The summed E-state index contributed by atoms with van der Waals surface area (Å²) in [6.45, 7) is 5.77. The molecule has 1 aromatic carbocycles. The van der Waals surface area contributed by atoms with Gasteiger partial charge in [0, 0.05) is 32.7 Å². The van der Waals surface area contributed by atoms with E-state index >= 15 is 0 Å². The lowest BCUT2D eigenvalue weighted by Gasteiger charge is -2.27. The van der Waals surface area contributed by atoms with Gasteiger partial charge in [0.2, 0.25) is 0 Å². The lowest BCUT2D eigenvalue weighted by Crippen LogP contribution is -2.47. The second-order valence-electron chi connectivity index (χ2n) is 7.92. The van der Waals surface area contributed by atoms with E-state index in [-0.39, 0.29) is 24.0 Å². The normalized spacial score (nSPS) is 18.4. The molecule has 1 atom stereocenters. The van der Waals surface area contributed by atoms with Crippen LogP contribution >= 0.6 is 0 Å². The van der Waals surface area contributed by atoms with Gasteiger partial charge in [-0.15, -0.1) is 0 Å². The van der Waals surface area contributed by atoms with Gasteiger partial charge in [-0.3, -0.25) is 4.79 Å². The summed E-state index contributed by atoms with van der Waals surface area (Å²) in [4.78, 5) is 25.6. The summed E-state index contributed by atoms with van der Waals surface area (Å²) in [6, 6.07) is 6.68. The van der Waals surface area contributed by atoms with Crippen LogP contribution in [-0.2, 0) is 9.53 Å². The van der Waals surface area contributed by atoms with Crippen molar-refractivity contribution in [3.05, 3.63) is 24.3 Å². The van der Waals surface area contributed by atoms with Crippen LogP contribution < -0.4 is 20.1 Å². The quantitative estimate of drug-likeness (QED) is 0.291. The first-order valence-electron chi connectivity index (χ1n) is 10.4. The minimum absolute atomic E-state index is 0.0932. The number of hydrogen-bond acceptors (Lipinski definition) is 7. The van der Waals surface area contributed by atoms with Gasteiger partial charge in [-0.25, -0.2) is 4.79 Å². The fourth-order valence-electron chi connectivity index (χ4n) is 2.88. The number of aliphatic hydroxyl groups is 1. The van der Waals surface area contributed by atoms with Crippen LogP contribution in [0.15, 0.2) is 24.3 Å². The minimum atomic E-state index is -0.688. The SMILES string of the molecule is CC1(C(=O)Oc2ccc(OC[C@@H](O)CNCCNC(=O)N3CCOCC3)cc2)CC1. The molecule has 30 heavy (non-hydrogen) atoms. The molecule has 2 amide bonds. The second kappa shape index (κ2) is 10.6. The lowest BCUT2D eigenvalue weighted by atomic mass is 10.1. The van der Waals surface area contributed by atoms with Crippen LogP contribution in [-0.4, -0.2) is 80.7 Å². The summed E-state index contributed by atoms with van der Waals surface area (Å²) in [6.07, 6.45) is 1.06. The van der Waals surface area contributed by atoms with Crippen LogP contribution in [0.25, 0.3) is 0 Å². The lowest BCUT2D eigenvalue weighted by molar-refractivity contribution is -0.139. The van der Waals surface area contributed by atoms with Crippen LogP contribution in [0.3, 0.4) is 0 Å². The number of rotatable bonds is 10. The van der Waals surface area contributed by atoms with Crippen LogP contribution in [0.5, 0.6) is 11.5 Å². The molecule has 1 heterocycles. The average Bonchev–Trinajstić information content (AvgIpc) is 3.52. The first kappa shape index (κ1) is 22.3. The Morgan fingerprint density at radius 1 is 1.17 bits per heavy atom. The van der Waals surface area contributed by atoms with E-state index in [1.54, 1.807) is 29.2 Å². The monoisotopic (exact) mass is 421 g/mol. The van der Waals surface area contributed by atoms with E-state index in [1.807, 2.05) is 6.92 Å². The Hall–Kier alpha value is -2.36. The van der Waals surface area contributed by atoms with Gasteiger partial charge in [-0.2, -0.15) is 0 Å². The fourth-order valence-corrected chi connectivity index (χ4v) is 2.88. The molecule has 9 heteroatoms. The van der Waals surface area contributed by atoms with Crippen LogP contribution in [0.2, 0.25) is 0 Å². The number of morpholine rings is 1. The summed E-state index contributed by atoms with van der Waals surface area (Å²) < 4.78 is 16.1. The van der Waals surface area contributed by atoms with Crippen molar-refractivity contribution in [2.75, 3.05) is 52.5 Å². The number of aliphatic hydroxyl groups excluding tert-OH is 1. The number of carbonyl (C=O) groups excluding carboxylic acids is 2. The zero-order valence-electron chi connectivity index (χ0n) is 17.4. The number of nitrogens with zero attached hydrogens (tertiary/aromatic N) is 1. The molecule has 166 valence electrons. The highest BCUT2D eigenvalue weighted by atomic mass is 16.5. The van der Waals surface area contributed by atoms with Gasteiger partial charge in [0.1, 0.15) is 24.2 Å². The van der Waals surface area contributed by atoms with Gasteiger partial charge in [-0.05, 0) is 44.0 Å². The minimum Gasteiger partial charge on any atom is -0.491 e. The first-order valence-corrected chi connectivity index (χ1v) is 10.4. The molecule has 0 aromatic heterocycles. The predicted octanol–water partition coefficient (Wildman–Crippen LogP) is 0.763. The van der Waals surface area contributed by atoms with E-state index in [0.717, 1.165) is 12.8 Å². The molecule has 3 N–H and O–H groups in total. The van der Waals surface area contributed by atoms with Gasteiger partial charge in [0.05, 0.1) is 18.6 Å². The van der Waals surface area contributed by atoms with Gasteiger partial charge < -0.3 is 34.9 Å². The van der Waals surface area contributed by atoms with E-state index in [4.69, 9.17) is 14.2 Å². The number of esters is 1. The number of urea groups is 1. The Labute approximate surface area is 176 Å². The molecule has 2 aliphatic rings. The van der Waals surface area contributed by atoms with E-state index in [9.17, 15) is 14.7 Å². The van der Waals surface area contributed by atoms with E-state index < -0.39 is 6.10 Å². The van der Waals surface area contributed by atoms with Crippen LogP contribution in [0.1, 0.15) is 19.8 Å². The molecule has 1 saturated heterocycles. The van der Waals surface area contributed by atoms with Gasteiger partial charge in [0.15, 0.2) is 0 Å². The molecule has 0 radical (unpaired) electrons. The van der Waals surface area contributed by atoms with Crippen molar-refractivity contribution in [3.63, 3.8) is 0 Å². The Morgan fingerprint density at radius 2 is 1.83 bits per heavy atom. The number of nitrogens with one attached hydrogen (secondary N) is 2. The number of amides is 2. The maximum Gasteiger partial charge on any atom is 0.317 e. The van der Waals surface area contributed by atoms with Crippen LogP contribution in [0, 0.1) is 5.41 Å². The van der Waals surface area contributed by atoms with Crippen molar-refractivity contribution in [3.8, 4) is 11.5 Å². The Kier molecular flexibility index (Phi) is 7.89. The van der Waals surface area contributed by atoms with Crippen molar-refractivity contribution >= 4 is 12.0 Å². The molecule has 1 saturated carbocycles. The molecule has 0 spiro atoms. The molecule has 9 nitrogen and oxygen atoms in total. The Balaban J connectivity index is 1.25. The summed E-state index contributed by atoms with van der Waals surface area (Å²) in [5, 5.41) is 15.9. The smallest absolute Gasteiger partial charge is 0.317 e. The Bertz CT molecular complexity index is 701. The fraction of sp³-hybridized carbons (Fsp3) is 0.619. The molecule has 2 fully saturated rings. The zero-order chi connectivity index (χ0) is 21.4. The third-order valence-corrected chi connectivity index (χ3v) is 5.23. The summed E-state index contributed by atoms with van der Waals surface area (Å²) in [5.74, 6) is 0.880. The third-order valence-electron chi connectivity index (χ3n) is 5.23. The van der Waals surface area contributed by atoms with E-state index in [2.05, 4.69) is 10.6 Å². The highest BCUT2D eigenvalue weighted by Crippen LogP contribution is 2.46. The molecular formula is C21H31N3O6. The standard InChI is InChI=1S/C21H31N3O6/c1-21(6-7-21)19(26)30-18-4-2-17(3-5-18)29-15-16(25)14-22-8-9-23-20(27)24-10-12-28-13-11-24/h2-5,16,22,25H,6-15H2,1H3,(H,23,27)/t16-/m0/s1. The van der Waals surface area contributed by atoms with Gasteiger partial charge >= 0.3 is 12.0 Å². The first-order chi connectivity index (χ1) is 14.5. The van der Waals surface area contributed by atoms with E-state index in [1.165, 1.54) is 0 Å². The van der Waals surface area contributed by atoms with Crippen molar-refractivity contribution in [2.24, 2.45) is 5.41 Å². The molecule has 1 aromatic rings. The van der Waals surface area contributed by atoms with E-state index in [0.29, 0.717) is 57.4 Å². The maximum atomic E-state index is 11.9. The predicted molar refractivity (Wildman–Crippen MR) is 110 cm³/mol. The van der Waals surface area contributed by atoms with Gasteiger partial charge in [-0.1, -0.05) is 0 Å². The molecule has 1 aliphatic carbocycles. The number of ether oxygens (including phenoxy) is 3. The van der Waals surface area contributed by atoms with Crippen molar-refractivity contribution < 1.29 is 28.9 Å². The second-order valence-corrected chi connectivity index (χ2v) is 7.92. The average molecular weight is 421 g/mol. The summed E-state index contributed by atoms with van der Waals surface area (Å²) in [5.41, 5.74) is -0.322. The zero-order valence-corrected chi connectivity index (χ0v) is 17.4. The molecule has 1 aliphatic heterocycles. The molecule has 0 unspecified atom stereocenters. The summed E-state index contributed by atoms with van der Waals surface area (Å²) in [7, 11) is 0. The number of benzene rings is 1. The van der Waals surface area contributed by atoms with Crippen LogP contribution in [0.4, 0.5) is 4.79 Å². The van der Waals surface area contributed by atoms with Crippen molar-refractivity contribution in [1.29, 1.82) is 0 Å². The highest BCUT2D eigenvalue weighted by Gasteiger charge is 2.46. The Morgan fingerprint density at radius 3 is 2.50 bits per heavy atom. The molecule has 3 rings (SSSR count). The van der Waals surface area contributed by atoms with Crippen molar-refractivity contribution in [2.45, 2.75) is 25.9 Å². The largest absolute Gasteiger partial charge is 0.491 e. The van der Waals surface area contributed by atoms with Crippen molar-refractivity contribution in [1.82, 2.24) is 15.5 Å². The number of carbonyl (C=O) groups is 2. The third kappa shape index (κ3) is 6.86. The topological polar surface area (TPSA) is 109 Å². The maximum absolute atomic E-state index is 11.9. The highest BCUT2D eigenvalue weighted by molar-refractivity contribution is 5.81. The number of hydrogen-bond donors (Lipinski definition) is 3. The summed E-state index contributed by atoms with van der Waals surface area (Å²) >= 11 is 0.